The van der Waals surface area contributed by atoms with Crippen LogP contribution in [0.25, 0.3) is 0 Å². The van der Waals surface area contributed by atoms with E-state index in [0.717, 1.165) is 6.42 Å². The summed E-state index contributed by atoms with van der Waals surface area (Å²) in [6.45, 7) is 4.25. The molecular weight excluding hydrogens is 196 g/mol. The standard InChI is InChI=1S/C15H18O/c1-14(2)13(16)10-15(14)8-12(9-15)11-6-4-3-5-7-11/h3-7,12H,8-10H2,1-2H3. The first-order chi connectivity index (χ1) is 7.55. The van der Waals surface area contributed by atoms with E-state index in [-0.39, 0.29) is 5.41 Å². The Morgan fingerprint density at radius 2 is 1.75 bits per heavy atom. The molecule has 1 spiro atoms. The number of hydrogen-bond donors (Lipinski definition) is 0. The Labute approximate surface area is 96.9 Å². The number of ketones is 1. The smallest absolute Gasteiger partial charge is 0.139 e. The maximum absolute atomic E-state index is 11.6. The Morgan fingerprint density at radius 1 is 1.12 bits per heavy atom. The van der Waals surface area contributed by atoms with Crippen molar-refractivity contribution in [3.05, 3.63) is 35.9 Å². The van der Waals surface area contributed by atoms with Gasteiger partial charge in [0.1, 0.15) is 5.78 Å². The molecule has 0 radical (unpaired) electrons. The number of hydrogen-bond acceptors (Lipinski definition) is 1. The number of Topliss-reactive ketones (excluding diaryl/α,β-unsaturated/α-hetero) is 1. The molecule has 0 unspecified atom stereocenters. The van der Waals surface area contributed by atoms with Crippen LogP contribution >= 0.6 is 0 Å². The summed E-state index contributed by atoms with van der Waals surface area (Å²) >= 11 is 0. The van der Waals surface area contributed by atoms with Crippen LogP contribution in [0.4, 0.5) is 0 Å². The van der Waals surface area contributed by atoms with E-state index in [2.05, 4.69) is 44.2 Å². The Kier molecular flexibility index (Phi) is 1.87. The van der Waals surface area contributed by atoms with Gasteiger partial charge in [-0.15, -0.1) is 0 Å². The number of benzene rings is 1. The van der Waals surface area contributed by atoms with Gasteiger partial charge in [0.25, 0.3) is 0 Å². The third-order valence-corrected chi connectivity index (χ3v) is 5.07. The number of rotatable bonds is 1. The molecule has 0 N–H and O–H groups in total. The highest BCUT2D eigenvalue weighted by molar-refractivity contribution is 5.92. The fraction of sp³-hybridized carbons (Fsp3) is 0.533. The van der Waals surface area contributed by atoms with Crippen molar-refractivity contribution in [2.45, 2.75) is 39.0 Å². The van der Waals surface area contributed by atoms with E-state index in [1.807, 2.05) is 0 Å². The van der Waals surface area contributed by atoms with Crippen molar-refractivity contribution >= 4 is 5.78 Å². The average Bonchev–Trinajstić information content (AvgIpc) is 2.23. The highest BCUT2D eigenvalue weighted by Crippen LogP contribution is 2.68. The molecule has 2 aliphatic carbocycles. The summed E-state index contributed by atoms with van der Waals surface area (Å²) in [7, 11) is 0. The molecule has 2 saturated carbocycles. The molecule has 2 fully saturated rings. The third-order valence-electron chi connectivity index (χ3n) is 5.07. The normalized spacial score (nSPS) is 35.6. The second kappa shape index (κ2) is 2.97. The first kappa shape index (κ1) is 10.1. The largest absolute Gasteiger partial charge is 0.299 e. The molecule has 0 aromatic heterocycles. The zero-order chi connectivity index (χ0) is 11.4. The van der Waals surface area contributed by atoms with Gasteiger partial charge >= 0.3 is 0 Å². The molecule has 2 aliphatic rings. The summed E-state index contributed by atoms with van der Waals surface area (Å²) in [5.41, 5.74) is 1.73. The van der Waals surface area contributed by atoms with Crippen LogP contribution in [0.1, 0.15) is 44.6 Å². The predicted molar refractivity (Wildman–Crippen MR) is 64.3 cm³/mol. The van der Waals surface area contributed by atoms with E-state index in [1.54, 1.807) is 0 Å². The van der Waals surface area contributed by atoms with Crippen LogP contribution in [0.5, 0.6) is 0 Å². The first-order valence-electron chi connectivity index (χ1n) is 6.13. The van der Waals surface area contributed by atoms with E-state index in [4.69, 9.17) is 0 Å². The van der Waals surface area contributed by atoms with Gasteiger partial charge in [-0.25, -0.2) is 0 Å². The molecule has 0 saturated heterocycles. The van der Waals surface area contributed by atoms with Gasteiger partial charge in [-0.05, 0) is 29.7 Å². The molecule has 84 valence electrons. The van der Waals surface area contributed by atoms with Gasteiger partial charge in [0.2, 0.25) is 0 Å². The van der Waals surface area contributed by atoms with Crippen molar-refractivity contribution < 1.29 is 4.79 Å². The van der Waals surface area contributed by atoms with E-state index < -0.39 is 0 Å². The van der Waals surface area contributed by atoms with Gasteiger partial charge in [0, 0.05) is 11.8 Å². The van der Waals surface area contributed by atoms with Crippen molar-refractivity contribution in [1.82, 2.24) is 0 Å². The fourth-order valence-electron chi connectivity index (χ4n) is 3.44. The van der Waals surface area contributed by atoms with E-state index >= 15 is 0 Å². The molecule has 0 aliphatic heterocycles. The minimum atomic E-state index is -0.0573. The van der Waals surface area contributed by atoms with E-state index in [0.29, 0.717) is 17.1 Å². The summed E-state index contributed by atoms with van der Waals surface area (Å²) in [5, 5.41) is 0. The van der Waals surface area contributed by atoms with Gasteiger partial charge in [-0.2, -0.15) is 0 Å². The van der Waals surface area contributed by atoms with Gasteiger partial charge in [0.15, 0.2) is 0 Å². The minimum Gasteiger partial charge on any atom is -0.299 e. The van der Waals surface area contributed by atoms with Gasteiger partial charge in [0.05, 0.1) is 0 Å². The SMILES string of the molecule is CC1(C)C(=O)CC12CC(c1ccccc1)C2. The molecule has 0 bridgehead atoms. The lowest BCUT2D eigenvalue weighted by atomic mass is 9.39. The molecule has 3 rings (SSSR count). The summed E-state index contributed by atoms with van der Waals surface area (Å²) in [5.74, 6) is 1.15. The summed E-state index contributed by atoms with van der Waals surface area (Å²) in [6, 6.07) is 10.7. The summed E-state index contributed by atoms with van der Waals surface area (Å²) in [6.07, 6.45) is 3.23. The maximum atomic E-state index is 11.6. The van der Waals surface area contributed by atoms with Crippen LogP contribution in [0.3, 0.4) is 0 Å². The van der Waals surface area contributed by atoms with E-state index in [1.165, 1.54) is 18.4 Å². The Hall–Kier alpha value is -1.11. The highest BCUT2D eigenvalue weighted by Gasteiger charge is 2.64. The van der Waals surface area contributed by atoms with Crippen LogP contribution in [0.2, 0.25) is 0 Å². The summed E-state index contributed by atoms with van der Waals surface area (Å²) < 4.78 is 0. The lowest BCUT2D eigenvalue weighted by molar-refractivity contribution is -0.171. The summed E-state index contributed by atoms with van der Waals surface area (Å²) in [4.78, 5) is 11.6. The topological polar surface area (TPSA) is 17.1 Å². The molecule has 16 heavy (non-hydrogen) atoms. The van der Waals surface area contributed by atoms with Crippen LogP contribution in [-0.2, 0) is 4.79 Å². The quantitative estimate of drug-likeness (QED) is 0.698. The van der Waals surface area contributed by atoms with Crippen LogP contribution < -0.4 is 0 Å². The number of carbonyl (C=O) groups is 1. The molecule has 1 heteroatoms. The molecule has 0 amide bonds. The zero-order valence-electron chi connectivity index (χ0n) is 9.99. The molecule has 1 nitrogen and oxygen atoms in total. The van der Waals surface area contributed by atoms with Crippen molar-refractivity contribution in [3.63, 3.8) is 0 Å². The Bertz CT molecular complexity index is 424. The Morgan fingerprint density at radius 3 is 2.25 bits per heavy atom. The highest BCUT2D eigenvalue weighted by atomic mass is 16.1. The van der Waals surface area contributed by atoms with Crippen molar-refractivity contribution in [2.75, 3.05) is 0 Å². The van der Waals surface area contributed by atoms with Gasteiger partial charge in [-0.1, -0.05) is 44.2 Å². The second-order valence-corrected chi connectivity index (χ2v) is 6.02. The molecular formula is C15H18O. The maximum Gasteiger partial charge on any atom is 0.139 e. The monoisotopic (exact) mass is 214 g/mol. The molecule has 1 aromatic carbocycles. The van der Waals surface area contributed by atoms with Crippen molar-refractivity contribution in [1.29, 1.82) is 0 Å². The molecule has 0 atom stereocenters. The first-order valence-corrected chi connectivity index (χ1v) is 6.13. The van der Waals surface area contributed by atoms with Gasteiger partial charge in [-0.3, -0.25) is 4.79 Å². The van der Waals surface area contributed by atoms with Crippen LogP contribution in [0, 0.1) is 10.8 Å². The second-order valence-electron chi connectivity index (χ2n) is 6.02. The molecule has 0 heterocycles. The van der Waals surface area contributed by atoms with Crippen molar-refractivity contribution in [3.8, 4) is 0 Å². The Balaban J connectivity index is 1.75. The minimum absolute atomic E-state index is 0.0573. The lowest BCUT2D eigenvalue weighted by Crippen LogP contribution is -2.61. The molecule has 1 aromatic rings. The van der Waals surface area contributed by atoms with Gasteiger partial charge < -0.3 is 0 Å². The number of carbonyl (C=O) groups excluding carboxylic acids is 1. The fourth-order valence-corrected chi connectivity index (χ4v) is 3.44. The lowest BCUT2D eigenvalue weighted by Gasteiger charge is -2.63. The average molecular weight is 214 g/mol. The van der Waals surface area contributed by atoms with Crippen molar-refractivity contribution in [2.24, 2.45) is 10.8 Å². The van der Waals surface area contributed by atoms with Crippen LogP contribution in [-0.4, -0.2) is 5.78 Å². The zero-order valence-corrected chi connectivity index (χ0v) is 9.99. The predicted octanol–water partition coefficient (Wildman–Crippen LogP) is 3.55. The van der Waals surface area contributed by atoms with Crippen LogP contribution in [0.15, 0.2) is 30.3 Å². The third kappa shape index (κ3) is 1.09. The van der Waals surface area contributed by atoms with E-state index in [9.17, 15) is 4.79 Å².